The standard InChI is InChI=1S/C25H35NO/c1-3-5-17-27-24-14-12-23(13-15-24)25-16-11-22(19-26-25)10-9-21-8-6-7-20(4-2)18-21/h11-16,19-21H,3-10,17-18H2,1-2H3. The number of nitrogens with zero attached hydrogens (tertiary/aromatic N) is 1. The van der Waals surface area contributed by atoms with E-state index in [1.807, 2.05) is 12.1 Å². The van der Waals surface area contributed by atoms with Crippen LogP contribution in [-0.4, -0.2) is 11.6 Å². The lowest BCUT2D eigenvalue weighted by Crippen LogP contribution is -2.15. The molecule has 1 aliphatic rings. The van der Waals surface area contributed by atoms with Crippen molar-refractivity contribution in [1.82, 2.24) is 4.98 Å². The summed E-state index contributed by atoms with van der Waals surface area (Å²) in [5, 5.41) is 0. The first-order valence-corrected chi connectivity index (χ1v) is 11.0. The Morgan fingerprint density at radius 3 is 2.52 bits per heavy atom. The fraction of sp³-hybridized carbons (Fsp3) is 0.560. The minimum absolute atomic E-state index is 0.794. The molecule has 0 N–H and O–H groups in total. The molecule has 1 saturated carbocycles. The summed E-state index contributed by atoms with van der Waals surface area (Å²) < 4.78 is 5.74. The van der Waals surface area contributed by atoms with Gasteiger partial charge in [-0.2, -0.15) is 0 Å². The second kappa shape index (κ2) is 10.5. The van der Waals surface area contributed by atoms with Gasteiger partial charge in [-0.15, -0.1) is 0 Å². The lowest BCUT2D eigenvalue weighted by Gasteiger charge is -2.28. The van der Waals surface area contributed by atoms with Gasteiger partial charge in [-0.1, -0.05) is 52.0 Å². The van der Waals surface area contributed by atoms with E-state index in [2.05, 4.69) is 44.3 Å². The molecular formula is C25H35NO. The van der Waals surface area contributed by atoms with E-state index in [0.717, 1.165) is 48.3 Å². The van der Waals surface area contributed by atoms with Crippen molar-refractivity contribution in [1.29, 1.82) is 0 Å². The van der Waals surface area contributed by atoms with E-state index in [1.54, 1.807) is 0 Å². The molecule has 1 fully saturated rings. The molecule has 0 spiro atoms. The largest absolute Gasteiger partial charge is 0.494 e. The van der Waals surface area contributed by atoms with Crippen LogP contribution in [0.25, 0.3) is 11.3 Å². The maximum absolute atomic E-state index is 5.74. The summed E-state index contributed by atoms with van der Waals surface area (Å²) in [7, 11) is 0. The second-order valence-corrected chi connectivity index (χ2v) is 8.12. The normalized spacial score (nSPS) is 19.8. The number of hydrogen-bond donors (Lipinski definition) is 0. The molecule has 2 atom stereocenters. The van der Waals surface area contributed by atoms with E-state index >= 15 is 0 Å². The van der Waals surface area contributed by atoms with Gasteiger partial charge in [0, 0.05) is 11.8 Å². The highest BCUT2D eigenvalue weighted by molar-refractivity contribution is 5.60. The molecule has 146 valence electrons. The third-order valence-corrected chi connectivity index (χ3v) is 6.05. The van der Waals surface area contributed by atoms with Gasteiger partial charge in [-0.05, 0) is 73.4 Å². The van der Waals surface area contributed by atoms with Crippen LogP contribution in [0.1, 0.15) is 70.8 Å². The Bertz CT molecular complexity index is 662. The average Bonchev–Trinajstić information content (AvgIpc) is 2.73. The molecule has 2 nitrogen and oxygen atoms in total. The van der Waals surface area contributed by atoms with Gasteiger partial charge in [-0.25, -0.2) is 0 Å². The van der Waals surface area contributed by atoms with Gasteiger partial charge in [0.05, 0.1) is 12.3 Å². The molecule has 2 unspecified atom stereocenters. The van der Waals surface area contributed by atoms with Gasteiger partial charge in [0.1, 0.15) is 5.75 Å². The number of ether oxygens (including phenoxy) is 1. The zero-order chi connectivity index (χ0) is 18.9. The van der Waals surface area contributed by atoms with Crippen LogP contribution in [0.4, 0.5) is 0 Å². The van der Waals surface area contributed by atoms with Crippen LogP contribution in [0.3, 0.4) is 0 Å². The molecule has 1 aromatic heterocycles. The number of hydrogen-bond acceptors (Lipinski definition) is 2. The van der Waals surface area contributed by atoms with E-state index < -0.39 is 0 Å². The molecule has 0 aliphatic heterocycles. The monoisotopic (exact) mass is 365 g/mol. The average molecular weight is 366 g/mol. The van der Waals surface area contributed by atoms with Crippen LogP contribution in [-0.2, 0) is 6.42 Å². The number of unbranched alkanes of at least 4 members (excludes halogenated alkanes) is 1. The van der Waals surface area contributed by atoms with Crippen molar-refractivity contribution in [3.8, 4) is 17.0 Å². The number of rotatable bonds is 9. The summed E-state index contributed by atoms with van der Waals surface area (Å²) >= 11 is 0. The molecule has 1 aromatic carbocycles. The van der Waals surface area contributed by atoms with Crippen LogP contribution < -0.4 is 4.74 Å². The van der Waals surface area contributed by atoms with Crippen molar-refractivity contribution in [2.24, 2.45) is 11.8 Å². The van der Waals surface area contributed by atoms with Crippen molar-refractivity contribution in [3.05, 3.63) is 48.2 Å². The molecule has 1 heterocycles. The summed E-state index contributed by atoms with van der Waals surface area (Å²) in [6, 6.07) is 12.7. The second-order valence-electron chi connectivity index (χ2n) is 8.12. The summed E-state index contributed by atoms with van der Waals surface area (Å²) in [6.45, 7) is 5.32. The maximum atomic E-state index is 5.74. The zero-order valence-electron chi connectivity index (χ0n) is 17.1. The molecule has 0 bridgehead atoms. The Kier molecular flexibility index (Phi) is 7.74. The summed E-state index contributed by atoms with van der Waals surface area (Å²) in [5.41, 5.74) is 3.57. The van der Waals surface area contributed by atoms with E-state index in [0.29, 0.717) is 0 Å². The third-order valence-electron chi connectivity index (χ3n) is 6.05. The van der Waals surface area contributed by atoms with Gasteiger partial charge in [0.2, 0.25) is 0 Å². The fourth-order valence-electron chi connectivity index (χ4n) is 4.21. The van der Waals surface area contributed by atoms with Gasteiger partial charge in [0.15, 0.2) is 0 Å². The molecule has 1 aliphatic carbocycles. The molecule has 2 heteroatoms. The van der Waals surface area contributed by atoms with Gasteiger partial charge in [0.25, 0.3) is 0 Å². The lowest BCUT2D eigenvalue weighted by molar-refractivity contribution is 0.250. The molecule has 2 aromatic rings. The van der Waals surface area contributed by atoms with E-state index in [4.69, 9.17) is 9.72 Å². The van der Waals surface area contributed by atoms with Crippen molar-refractivity contribution in [2.75, 3.05) is 6.61 Å². The summed E-state index contributed by atoms with van der Waals surface area (Å²) in [6.07, 6.45) is 13.9. The predicted molar refractivity (Wildman–Crippen MR) is 114 cm³/mol. The fourth-order valence-corrected chi connectivity index (χ4v) is 4.21. The van der Waals surface area contributed by atoms with Gasteiger partial charge in [-0.3, -0.25) is 4.98 Å². The van der Waals surface area contributed by atoms with Crippen LogP contribution >= 0.6 is 0 Å². The maximum Gasteiger partial charge on any atom is 0.119 e. The van der Waals surface area contributed by atoms with Crippen LogP contribution in [0.2, 0.25) is 0 Å². The lowest BCUT2D eigenvalue weighted by atomic mass is 9.78. The Labute approximate surface area is 165 Å². The van der Waals surface area contributed by atoms with E-state index in [9.17, 15) is 0 Å². The number of pyridine rings is 1. The van der Waals surface area contributed by atoms with Crippen molar-refractivity contribution < 1.29 is 4.74 Å². The Morgan fingerprint density at radius 1 is 1.00 bits per heavy atom. The highest BCUT2D eigenvalue weighted by Gasteiger charge is 2.20. The summed E-state index contributed by atoms with van der Waals surface area (Å²) in [4.78, 5) is 4.71. The van der Waals surface area contributed by atoms with Crippen molar-refractivity contribution in [3.63, 3.8) is 0 Å². The SMILES string of the molecule is CCCCOc1ccc(-c2ccc(CCC3CCCC(CC)C3)cn2)cc1. The first-order chi connectivity index (χ1) is 13.3. The van der Waals surface area contributed by atoms with Crippen LogP contribution in [0.15, 0.2) is 42.6 Å². The topological polar surface area (TPSA) is 22.1 Å². The smallest absolute Gasteiger partial charge is 0.119 e. The minimum atomic E-state index is 0.794. The van der Waals surface area contributed by atoms with Gasteiger partial charge < -0.3 is 4.74 Å². The number of benzene rings is 1. The third kappa shape index (κ3) is 6.09. The molecular weight excluding hydrogens is 330 g/mol. The first kappa shape index (κ1) is 19.9. The predicted octanol–water partition coefficient (Wildman–Crippen LogP) is 7.08. The molecule has 0 radical (unpaired) electrons. The molecule has 0 amide bonds. The number of aromatic nitrogens is 1. The highest BCUT2D eigenvalue weighted by atomic mass is 16.5. The highest BCUT2D eigenvalue weighted by Crippen LogP contribution is 2.33. The zero-order valence-corrected chi connectivity index (χ0v) is 17.1. The molecule has 3 rings (SSSR count). The van der Waals surface area contributed by atoms with Crippen molar-refractivity contribution in [2.45, 2.75) is 71.6 Å². The van der Waals surface area contributed by atoms with Crippen molar-refractivity contribution >= 4 is 0 Å². The van der Waals surface area contributed by atoms with Crippen LogP contribution in [0, 0.1) is 11.8 Å². The molecule has 27 heavy (non-hydrogen) atoms. The van der Waals surface area contributed by atoms with E-state index in [-0.39, 0.29) is 0 Å². The Morgan fingerprint density at radius 2 is 1.81 bits per heavy atom. The van der Waals surface area contributed by atoms with Gasteiger partial charge >= 0.3 is 0 Å². The first-order valence-electron chi connectivity index (χ1n) is 11.0. The van der Waals surface area contributed by atoms with E-state index in [1.165, 1.54) is 50.5 Å². The minimum Gasteiger partial charge on any atom is -0.494 e. The Balaban J connectivity index is 1.51. The molecule has 0 saturated heterocycles. The number of aryl methyl sites for hydroxylation is 1. The Hall–Kier alpha value is -1.83. The quantitative estimate of drug-likeness (QED) is 0.443. The van der Waals surface area contributed by atoms with Crippen LogP contribution in [0.5, 0.6) is 5.75 Å². The summed E-state index contributed by atoms with van der Waals surface area (Å²) in [5.74, 6) is 2.84.